The van der Waals surface area contributed by atoms with Crippen LogP contribution in [0.5, 0.6) is 0 Å². The molecule has 0 radical (unpaired) electrons. The zero-order chi connectivity index (χ0) is 46.9. The highest BCUT2D eigenvalue weighted by Crippen LogP contribution is 2.32. The molecule has 0 atom stereocenters. The van der Waals surface area contributed by atoms with E-state index in [4.69, 9.17) is 0 Å². The van der Waals surface area contributed by atoms with Crippen LogP contribution in [0.1, 0.15) is 43.0 Å². The molecule has 0 fully saturated rings. The normalized spacial score (nSPS) is 11.6. The lowest BCUT2D eigenvalue weighted by atomic mass is 9.99. The number of aromatic nitrogens is 1. The van der Waals surface area contributed by atoms with Gasteiger partial charge >= 0.3 is 11.9 Å². The molecule has 8 aromatic rings. The molecule has 0 saturated carbocycles. The van der Waals surface area contributed by atoms with E-state index in [9.17, 15) is 45.1 Å². The molecule has 0 saturated heterocycles. The fourth-order valence-corrected chi connectivity index (χ4v) is 12.7. The van der Waals surface area contributed by atoms with Crippen LogP contribution in [0.4, 0.5) is 11.4 Å². The highest BCUT2D eigenvalue weighted by Gasteiger charge is 2.25. The summed E-state index contributed by atoms with van der Waals surface area (Å²) in [4.78, 5) is 27.4. The third-order valence-electron chi connectivity index (χ3n) is 10.4. The lowest BCUT2D eigenvalue weighted by molar-refractivity contribution is 0.0684. The van der Waals surface area contributed by atoms with Crippen molar-refractivity contribution in [3.63, 3.8) is 0 Å². The van der Waals surface area contributed by atoms with Crippen LogP contribution in [0, 0.1) is 0 Å². The lowest BCUT2D eigenvalue weighted by Gasteiger charge is -2.14. The fraction of sp³-hybridized carbons (Fsp3) is 0.0816. The molecule has 0 unspecified atom stereocenters. The van der Waals surface area contributed by atoms with Gasteiger partial charge in [-0.1, -0.05) is 109 Å². The summed E-state index contributed by atoms with van der Waals surface area (Å²) in [5.41, 5.74) is 4.48. The molecule has 0 spiro atoms. The van der Waals surface area contributed by atoms with Crippen LogP contribution < -0.4 is 9.44 Å². The SMILES string of the molecule is O=C(O)c1ccccc1CCc1ccccc1NS(=O)(=O)c1ccc(S(=O)(=O)c2ccccc2)s1.O=C(O)c1ccccc1CCc1ccccc1NS(=O)(=O)c1cccc2cccnc12. The Morgan fingerprint density at radius 1 is 0.470 bits per heavy atom. The number of sulfonamides is 2. The minimum absolute atomic E-state index is 0.0670. The summed E-state index contributed by atoms with van der Waals surface area (Å²) in [5, 5.41) is 19.5. The number of carboxylic acid groups (broad SMARTS) is 2. The van der Waals surface area contributed by atoms with Crippen LogP contribution in [-0.2, 0) is 55.6 Å². The van der Waals surface area contributed by atoms with Crippen molar-refractivity contribution < 1.29 is 45.1 Å². The van der Waals surface area contributed by atoms with E-state index in [1.165, 1.54) is 36.4 Å². The number of carbonyl (C=O) groups is 2. The topological polar surface area (TPSA) is 214 Å². The van der Waals surface area contributed by atoms with Gasteiger partial charge in [-0.15, -0.1) is 11.3 Å². The number of thiophene rings is 1. The molecule has 2 heterocycles. The number of benzene rings is 6. The van der Waals surface area contributed by atoms with E-state index in [1.807, 2.05) is 24.3 Å². The van der Waals surface area contributed by atoms with Gasteiger partial charge in [0.2, 0.25) is 9.84 Å². The molecule has 0 amide bonds. The highest BCUT2D eigenvalue weighted by molar-refractivity contribution is 7.96. The number of rotatable bonds is 16. The predicted molar refractivity (Wildman–Crippen MR) is 254 cm³/mol. The van der Waals surface area contributed by atoms with E-state index in [0.29, 0.717) is 70.6 Å². The Morgan fingerprint density at radius 3 is 1.48 bits per heavy atom. The van der Waals surface area contributed by atoms with Gasteiger partial charge in [-0.3, -0.25) is 14.4 Å². The zero-order valence-electron chi connectivity index (χ0n) is 34.8. The maximum Gasteiger partial charge on any atom is 0.335 e. The highest BCUT2D eigenvalue weighted by atomic mass is 32.3. The first-order valence-corrected chi connectivity index (χ1v) is 25.5. The van der Waals surface area contributed by atoms with Crippen molar-refractivity contribution in [2.45, 2.75) is 43.9 Å². The van der Waals surface area contributed by atoms with Crippen molar-refractivity contribution in [3.05, 3.63) is 209 Å². The smallest absolute Gasteiger partial charge is 0.335 e. The average Bonchev–Trinajstić information content (AvgIpc) is 3.84. The number of carboxylic acids is 2. The quantitative estimate of drug-likeness (QED) is 0.0716. The van der Waals surface area contributed by atoms with Gasteiger partial charge in [-0.2, -0.15) is 0 Å². The Labute approximate surface area is 386 Å². The van der Waals surface area contributed by atoms with E-state index >= 15 is 0 Å². The molecule has 13 nitrogen and oxygen atoms in total. The van der Waals surface area contributed by atoms with E-state index in [2.05, 4.69) is 14.4 Å². The molecule has 336 valence electrons. The molecule has 0 aliphatic carbocycles. The van der Waals surface area contributed by atoms with Crippen molar-refractivity contribution in [2.75, 3.05) is 9.44 Å². The zero-order valence-corrected chi connectivity index (χ0v) is 38.1. The third-order valence-corrected chi connectivity index (χ3v) is 17.0. The molecular formula is C49H41N3O10S4. The number of hydrogen-bond donors (Lipinski definition) is 4. The molecule has 66 heavy (non-hydrogen) atoms. The Morgan fingerprint density at radius 2 is 0.924 bits per heavy atom. The summed E-state index contributed by atoms with van der Waals surface area (Å²) in [7, 11) is -11.8. The Balaban J connectivity index is 0.000000198. The maximum absolute atomic E-state index is 13.2. The summed E-state index contributed by atoms with van der Waals surface area (Å²) >= 11 is 0.678. The standard InChI is InChI=1S/C25H21NO6S3.C24H20N2O4S/c27-25(28)21-12-6-4-8-18(21)14-15-19-9-5-7-13-22(19)26-35(31,32)24-17-16-23(33-24)34(29,30)20-10-2-1-3-11-20;27-24(28)20-11-3-1-7-17(20)14-15-18-8-2-4-12-21(18)26-31(29,30)22-13-5-9-19-10-6-16-25-23(19)22/h1-13,16-17,26H,14-15H2,(H,27,28);1-13,16,26H,14-15H2,(H,27,28). The van der Waals surface area contributed by atoms with Gasteiger partial charge in [0.25, 0.3) is 20.0 Å². The lowest BCUT2D eigenvalue weighted by Crippen LogP contribution is -2.15. The van der Waals surface area contributed by atoms with Gasteiger partial charge in [0.15, 0.2) is 0 Å². The summed E-state index contributed by atoms with van der Waals surface area (Å²) in [6.07, 6.45) is 3.32. The van der Waals surface area contributed by atoms with E-state index in [-0.39, 0.29) is 29.3 Å². The summed E-state index contributed by atoms with van der Waals surface area (Å²) in [6.45, 7) is 0. The van der Waals surface area contributed by atoms with Gasteiger partial charge in [0.05, 0.1) is 32.9 Å². The largest absolute Gasteiger partial charge is 0.478 e. The van der Waals surface area contributed by atoms with Gasteiger partial charge in [-0.05, 0) is 109 Å². The van der Waals surface area contributed by atoms with Crippen molar-refractivity contribution in [1.29, 1.82) is 0 Å². The number of para-hydroxylation sites is 3. The van der Waals surface area contributed by atoms with Crippen LogP contribution in [0.3, 0.4) is 0 Å². The molecule has 6 aromatic carbocycles. The first kappa shape index (κ1) is 46.8. The number of fused-ring (bicyclic) bond motifs is 1. The Bertz CT molecular complexity index is 3390. The van der Waals surface area contributed by atoms with Crippen LogP contribution >= 0.6 is 11.3 Å². The van der Waals surface area contributed by atoms with Crippen molar-refractivity contribution >= 4 is 75.4 Å². The van der Waals surface area contributed by atoms with Crippen molar-refractivity contribution in [3.8, 4) is 0 Å². The molecule has 17 heteroatoms. The Kier molecular flexibility index (Phi) is 14.4. The van der Waals surface area contributed by atoms with Gasteiger partial charge in [-0.25, -0.2) is 34.8 Å². The summed E-state index contributed by atoms with van der Waals surface area (Å²) < 4.78 is 83.2. The van der Waals surface area contributed by atoms with Crippen LogP contribution in [0.25, 0.3) is 10.9 Å². The fourth-order valence-electron chi connectivity index (χ4n) is 7.10. The van der Waals surface area contributed by atoms with Gasteiger partial charge in [0.1, 0.15) is 13.3 Å². The third kappa shape index (κ3) is 11.0. The summed E-state index contributed by atoms with van der Waals surface area (Å²) in [5.74, 6) is -2.00. The number of anilines is 2. The van der Waals surface area contributed by atoms with Gasteiger partial charge < -0.3 is 10.2 Å². The van der Waals surface area contributed by atoms with Crippen molar-refractivity contribution in [1.82, 2.24) is 4.98 Å². The second-order valence-corrected chi connectivity index (χ2v) is 21.5. The maximum atomic E-state index is 13.2. The monoisotopic (exact) mass is 959 g/mol. The number of nitrogens with one attached hydrogen (secondary N) is 2. The summed E-state index contributed by atoms with van der Waals surface area (Å²) in [6, 6.07) is 46.5. The second kappa shape index (κ2) is 20.3. The first-order valence-electron chi connectivity index (χ1n) is 20.2. The van der Waals surface area contributed by atoms with E-state index in [0.717, 1.165) is 10.9 Å². The molecule has 0 aliphatic rings. The van der Waals surface area contributed by atoms with Crippen LogP contribution in [-0.4, -0.2) is 52.4 Å². The predicted octanol–water partition coefficient (Wildman–Crippen LogP) is 9.38. The van der Waals surface area contributed by atoms with Crippen LogP contribution in [0.15, 0.2) is 194 Å². The Hall–Kier alpha value is -7.18. The molecule has 0 bridgehead atoms. The number of aryl methyl sites for hydroxylation is 4. The second-order valence-electron chi connectivity index (χ2n) is 14.7. The molecular weight excluding hydrogens is 919 g/mol. The molecule has 8 rings (SSSR count). The number of nitrogens with zero attached hydrogens (tertiary/aromatic N) is 1. The average molecular weight is 960 g/mol. The number of hydrogen-bond acceptors (Lipinski definition) is 10. The van der Waals surface area contributed by atoms with Crippen molar-refractivity contribution in [2.24, 2.45) is 0 Å². The molecule has 0 aliphatic heterocycles. The van der Waals surface area contributed by atoms with E-state index < -0.39 is 41.8 Å². The minimum atomic E-state index is -4.05. The molecule has 2 aromatic heterocycles. The minimum Gasteiger partial charge on any atom is -0.478 e. The first-order chi connectivity index (χ1) is 31.6. The van der Waals surface area contributed by atoms with Gasteiger partial charge in [0, 0.05) is 11.6 Å². The van der Waals surface area contributed by atoms with Crippen LogP contribution in [0.2, 0.25) is 0 Å². The number of aromatic carboxylic acids is 2. The number of sulfone groups is 1. The molecule has 4 N–H and O–H groups in total. The van der Waals surface area contributed by atoms with E-state index in [1.54, 1.807) is 115 Å². The number of pyridine rings is 1.